The number of hydrogen-bond acceptors (Lipinski definition) is 4. The fraction of sp³-hybridized carbons (Fsp3) is 0.667. The molecule has 16 heavy (non-hydrogen) atoms. The molecule has 0 aromatic carbocycles. The minimum atomic E-state index is 0.0167. The van der Waals surface area contributed by atoms with E-state index in [9.17, 15) is 0 Å². The van der Waals surface area contributed by atoms with Crippen molar-refractivity contribution in [2.75, 3.05) is 17.2 Å². The third kappa shape index (κ3) is 4.47. The first-order valence-corrected chi connectivity index (χ1v) is 5.78. The van der Waals surface area contributed by atoms with Gasteiger partial charge in [0.2, 0.25) is 5.95 Å². The van der Waals surface area contributed by atoms with Crippen molar-refractivity contribution in [1.29, 1.82) is 0 Å². The van der Waals surface area contributed by atoms with Crippen LogP contribution >= 0.6 is 0 Å². The van der Waals surface area contributed by atoms with Gasteiger partial charge in [-0.2, -0.15) is 4.98 Å². The molecular formula is C12H22N4. The molecule has 0 bridgehead atoms. The zero-order valence-electron chi connectivity index (χ0n) is 10.9. The Kier molecular flexibility index (Phi) is 4.10. The number of hydrogen-bond donors (Lipinski definition) is 2. The van der Waals surface area contributed by atoms with E-state index < -0.39 is 0 Å². The van der Waals surface area contributed by atoms with E-state index in [0.717, 1.165) is 24.5 Å². The highest BCUT2D eigenvalue weighted by Crippen LogP contribution is 2.14. The largest absolute Gasteiger partial charge is 0.365 e. The van der Waals surface area contributed by atoms with Crippen LogP contribution in [0.1, 0.15) is 39.8 Å². The Labute approximate surface area is 97.9 Å². The quantitative estimate of drug-likeness (QED) is 0.822. The van der Waals surface area contributed by atoms with E-state index in [2.05, 4.69) is 48.3 Å². The highest BCUT2D eigenvalue weighted by atomic mass is 15.2. The second-order valence-corrected chi connectivity index (χ2v) is 5.02. The fourth-order valence-corrected chi connectivity index (χ4v) is 1.33. The second-order valence-electron chi connectivity index (χ2n) is 5.02. The molecule has 4 heteroatoms. The van der Waals surface area contributed by atoms with Gasteiger partial charge in [-0.3, -0.25) is 0 Å². The van der Waals surface area contributed by atoms with E-state index in [4.69, 9.17) is 0 Å². The van der Waals surface area contributed by atoms with Crippen LogP contribution in [0.25, 0.3) is 0 Å². The lowest BCUT2D eigenvalue weighted by molar-refractivity contribution is 0.630. The number of aryl methyl sites for hydroxylation is 1. The van der Waals surface area contributed by atoms with E-state index in [1.54, 1.807) is 0 Å². The molecule has 0 aliphatic heterocycles. The molecule has 1 heterocycles. The Hall–Kier alpha value is -1.32. The van der Waals surface area contributed by atoms with Crippen molar-refractivity contribution >= 4 is 11.8 Å². The van der Waals surface area contributed by atoms with E-state index in [-0.39, 0.29) is 5.54 Å². The first kappa shape index (κ1) is 12.7. The Morgan fingerprint density at radius 1 is 1.25 bits per heavy atom. The fourth-order valence-electron chi connectivity index (χ4n) is 1.33. The van der Waals surface area contributed by atoms with Crippen LogP contribution in [-0.4, -0.2) is 22.1 Å². The summed E-state index contributed by atoms with van der Waals surface area (Å²) >= 11 is 0. The van der Waals surface area contributed by atoms with Gasteiger partial charge in [-0.25, -0.2) is 4.98 Å². The summed E-state index contributed by atoms with van der Waals surface area (Å²) in [5.74, 6) is 1.58. The molecule has 4 nitrogen and oxygen atoms in total. The average molecular weight is 222 g/mol. The standard InChI is InChI=1S/C12H22N4/c1-6-7-13-11-14-9(2)8-10(15-11)16-12(3,4)5/h8H,6-7H2,1-5H3,(H2,13,14,15,16). The maximum atomic E-state index is 4.42. The van der Waals surface area contributed by atoms with E-state index in [1.165, 1.54) is 0 Å². The molecule has 2 N–H and O–H groups in total. The van der Waals surface area contributed by atoms with Crippen molar-refractivity contribution in [2.24, 2.45) is 0 Å². The van der Waals surface area contributed by atoms with Crippen LogP contribution in [0.15, 0.2) is 6.07 Å². The third-order valence-corrected chi connectivity index (χ3v) is 1.89. The van der Waals surface area contributed by atoms with Gasteiger partial charge in [0, 0.05) is 23.8 Å². The zero-order valence-corrected chi connectivity index (χ0v) is 10.9. The second kappa shape index (κ2) is 5.14. The first-order valence-electron chi connectivity index (χ1n) is 5.78. The summed E-state index contributed by atoms with van der Waals surface area (Å²) in [5.41, 5.74) is 0.989. The van der Waals surface area contributed by atoms with E-state index in [0.29, 0.717) is 5.95 Å². The van der Waals surface area contributed by atoms with Crippen LogP contribution < -0.4 is 10.6 Å². The molecule has 0 radical (unpaired) electrons. The zero-order chi connectivity index (χ0) is 12.2. The Morgan fingerprint density at radius 2 is 1.94 bits per heavy atom. The van der Waals surface area contributed by atoms with Gasteiger partial charge in [0.1, 0.15) is 5.82 Å². The van der Waals surface area contributed by atoms with Crippen molar-refractivity contribution in [3.63, 3.8) is 0 Å². The van der Waals surface area contributed by atoms with Crippen LogP contribution in [0, 0.1) is 6.92 Å². The molecule has 1 aromatic rings. The van der Waals surface area contributed by atoms with Crippen molar-refractivity contribution in [3.05, 3.63) is 11.8 Å². The number of nitrogens with one attached hydrogen (secondary N) is 2. The summed E-state index contributed by atoms with van der Waals surface area (Å²) in [5, 5.41) is 6.55. The molecule has 0 aliphatic carbocycles. The molecule has 0 unspecified atom stereocenters. The molecule has 1 rings (SSSR count). The van der Waals surface area contributed by atoms with E-state index in [1.807, 2.05) is 13.0 Å². The predicted octanol–water partition coefficient (Wildman–Crippen LogP) is 2.82. The molecule has 0 atom stereocenters. The Balaban J connectivity index is 2.81. The number of rotatable bonds is 4. The van der Waals surface area contributed by atoms with Crippen molar-refractivity contribution in [2.45, 2.75) is 46.6 Å². The minimum absolute atomic E-state index is 0.0167. The van der Waals surface area contributed by atoms with Crippen molar-refractivity contribution in [1.82, 2.24) is 9.97 Å². The van der Waals surface area contributed by atoms with Crippen LogP contribution in [0.5, 0.6) is 0 Å². The maximum Gasteiger partial charge on any atom is 0.224 e. The molecule has 1 aromatic heterocycles. The summed E-state index contributed by atoms with van der Waals surface area (Å²) in [7, 11) is 0. The highest BCUT2D eigenvalue weighted by Gasteiger charge is 2.11. The summed E-state index contributed by atoms with van der Waals surface area (Å²) in [6.45, 7) is 11.3. The Morgan fingerprint density at radius 3 is 2.50 bits per heavy atom. The lowest BCUT2D eigenvalue weighted by atomic mass is 10.1. The topological polar surface area (TPSA) is 49.8 Å². The molecule has 0 aliphatic rings. The predicted molar refractivity (Wildman–Crippen MR) is 68.9 cm³/mol. The van der Waals surface area contributed by atoms with Crippen LogP contribution in [-0.2, 0) is 0 Å². The average Bonchev–Trinajstić information content (AvgIpc) is 2.10. The lowest BCUT2D eigenvalue weighted by Crippen LogP contribution is -2.27. The summed E-state index contributed by atoms with van der Waals surface area (Å²) in [6, 6.07) is 1.96. The van der Waals surface area contributed by atoms with Crippen LogP contribution in [0.3, 0.4) is 0 Å². The molecule has 90 valence electrons. The van der Waals surface area contributed by atoms with Crippen molar-refractivity contribution < 1.29 is 0 Å². The molecule has 0 saturated carbocycles. The van der Waals surface area contributed by atoms with Gasteiger partial charge in [-0.1, -0.05) is 6.92 Å². The molecule has 0 amide bonds. The van der Waals surface area contributed by atoms with Gasteiger partial charge in [-0.15, -0.1) is 0 Å². The van der Waals surface area contributed by atoms with Gasteiger partial charge < -0.3 is 10.6 Å². The minimum Gasteiger partial charge on any atom is -0.365 e. The number of aromatic nitrogens is 2. The third-order valence-electron chi connectivity index (χ3n) is 1.89. The molecule has 0 saturated heterocycles. The monoisotopic (exact) mass is 222 g/mol. The number of anilines is 2. The number of nitrogens with zero attached hydrogens (tertiary/aromatic N) is 2. The van der Waals surface area contributed by atoms with Gasteiger partial charge in [-0.05, 0) is 34.1 Å². The van der Waals surface area contributed by atoms with Gasteiger partial charge in [0.25, 0.3) is 0 Å². The first-order chi connectivity index (χ1) is 7.40. The van der Waals surface area contributed by atoms with Gasteiger partial charge >= 0.3 is 0 Å². The van der Waals surface area contributed by atoms with Crippen LogP contribution in [0.2, 0.25) is 0 Å². The normalized spacial score (nSPS) is 11.3. The Bertz CT molecular complexity index is 341. The van der Waals surface area contributed by atoms with Gasteiger partial charge in [0.05, 0.1) is 0 Å². The summed E-state index contributed by atoms with van der Waals surface area (Å²) in [6.07, 6.45) is 1.07. The van der Waals surface area contributed by atoms with Gasteiger partial charge in [0.15, 0.2) is 0 Å². The smallest absolute Gasteiger partial charge is 0.224 e. The molecular weight excluding hydrogens is 200 g/mol. The molecule has 0 fully saturated rings. The SMILES string of the molecule is CCCNc1nc(C)cc(NC(C)(C)C)n1. The molecule has 0 spiro atoms. The maximum absolute atomic E-state index is 4.42. The van der Waals surface area contributed by atoms with Crippen LogP contribution in [0.4, 0.5) is 11.8 Å². The van der Waals surface area contributed by atoms with E-state index >= 15 is 0 Å². The lowest BCUT2D eigenvalue weighted by Gasteiger charge is -2.21. The highest BCUT2D eigenvalue weighted by molar-refractivity contribution is 5.43. The summed E-state index contributed by atoms with van der Waals surface area (Å²) < 4.78 is 0. The van der Waals surface area contributed by atoms with Crippen molar-refractivity contribution in [3.8, 4) is 0 Å². The summed E-state index contributed by atoms with van der Waals surface area (Å²) in [4.78, 5) is 8.76.